The van der Waals surface area contributed by atoms with Crippen molar-refractivity contribution in [3.05, 3.63) is 0 Å². The van der Waals surface area contributed by atoms with Gasteiger partial charge in [-0.25, -0.2) is 0 Å². The summed E-state index contributed by atoms with van der Waals surface area (Å²) in [6, 6.07) is 0. The fourth-order valence-electron chi connectivity index (χ4n) is 5.08. The van der Waals surface area contributed by atoms with Gasteiger partial charge >= 0.3 is 0 Å². The number of aliphatic hydroxyl groups is 1. The molecular weight excluding hydrogens is 482 g/mol. The Hall–Kier alpha value is -0.160. The average Bonchev–Trinajstić information content (AvgIpc) is 2.90. The van der Waals surface area contributed by atoms with E-state index in [0.717, 1.165) is 12.8 Å². The molecular formula is C35H73NO3. The smallest absolute Gasteiger partial charge is 0.182 e. The number of unbranched alkanes of at least 4 members (excludes halogenated alkanes) is 22. The molecule has 0 aliphatic carbocycles. The molecule has 0 bridgehead atoms. The van der Waals surface area contributed by atoms with Gasteiger partial charge in [0.1, 0.15) is 6.10 Å². The summed E-state index contributed by atoms with van der Waals surface area (Å²) in [6.45, 7) is 12.9. The normalized spacial score (nSPS) is 13.7. The van der Waals surface area contributed by atoms with Crippen molar-refractivity contribution in [3.8, 4) is 0 Å². The predicted octanol–water partition coefficient (Wildman–Crippen LogP) is 10.5. The van der Waals surface area contributed by atoms with E-state index in [0.29, 0.717) is 19.8 Å². The second-order valence-corrected chi connectivity index (χ2v) is 13.1. The van der Waals surface area contributed by atoms with Gasteiger partial charge < -0.3 is 19.9 Å². The molecule has 0 aromatic carbocycles. The van der Waals surface area contributed by atoms with Crippen LogP contribution in [0.3, 0.4) is 0 Å². The van der Waals surface area contributed by atoms with Gasteiger partial charge in [-0.15, -0.1) is 0 Å². The molecule has 0 aromatic rings. The highest BCUT2D eigenvalue weighted by Gasteiger charge is 2.22. The van der Waals surface area contributed by atoms with E-state index >= 15 is 0 Å². The van der Waals surface area contributed by atoms with Crippen LogP contribution in [0.5, 0.6) is 0 Å². The molecule has 0 aliphatic heterocycles. The zero-order valence-electron chi connectivity index (χ0n) is 27.5. The lowest BCUT2D eigenvalue weighted by Crippen LogP contribution is -2.46. The summed E-state index contributed by atoms with van der Waals surface area (Å²) >= 11 is 0. The summed E-state index contributed by atoms with van der Waals surface area (Å²) in [7, 11) is 0. The van der Waals surface area contributed by atoms with E-state index in [1.165, 1.54) is 141 Å². The Balaban J connectivity index is 3.84. The maximum absolute atomic E-state index is 10.7. The summed E-state index contributed by atoms with van der Waals surface area (Å²) in [5.41, 5.74) is -0.00711. The van der Waals surface area contributed by atoms with Crippen LogP contribution in [0.25, 0.3) is 0 Å². The Kier molecular flexibility index (Phi) is 29.2. The van der Waals surface area contributed by atoms with Gasteiger partial charge in [-0.1, -0.05) is 155 Å². The van der Waals surface area contributed by atoms with Gasteiger partial charge in [-0.05, 0) is 33.6 Å². The van der Waals surface area contributed by atoms with Gasteiger partial charge in [-0.2, -0.15) is 0 Å². The van der Waals surface area contributed by atoms with Crippen molar-refractivity contribution in [2.75, 3.05) is 19.8 Å². The largest absolute Gasteiger partial charge is 0.372 e. The maximum Gasteiger partial charge on any atom is 0.182 e. The highest BCUT2D eigenvalue weighted by atomic mass is 16.6. The minimum atomic E-state index is -0.857. The second kappa shape index (κ2) is 29.3. The standard InChI is InChI=1S/C35H73NO3/c1-6-8-10-12-14-16-18-20-22-24-26-28-30-38-33(32-36-35(3,4)5)34(37)39-31-29-27-25-23-21-19-17-15-13-11-9-7-2/h33-34,36-37H,6-32H2,1-5H3. The molecule has 0 aromatic heterocycles. The fourth-order valence-corrected chi connectivity index (χ4v) is 5.08. The van der Waals surface area contributed by atoms with Gasteiger partial charge in [0, 0.05) is 25.3 Å². The molecule has 0 rings (SSSR count). The summed E-state index contributed by atoms with van der Waals surface area (Å²) in [5.74, 6) is 0. The lowest BCUT2D eigenvalue weighted by molar-refractivity contribution is -0.178. The Bertz CT molecular complexity index is 465. The first-order chi connectivity index (χ1) is 18.9. The minimum Gasteiger partial charge on any atom is -0.372 e. The van der Waals surface area contributed by atoms with Crippen LogP contribution in [-0.4, -0.2) is 42.8 Å². The first kappa shape index (κ1) is 38.8. The average molecular weight is 556 g/mol. The number of aliphatic hydroxyl groups excluding tert-OH is 1. The molecule has 2 N–H and O–H groups in total. The van der Waals surface area contributed by atoms with Gasteiger partial charge in [0.15, 0.2) is 6.29 Å². The Morgan fingerprint density at radius 3 is 1.13 bits per heavy atom. The summed E-state index contributed by atoms with van der Waals surface area (Å²) in [4.78, 5) is 0. The molecule has 4 heteroatoms. The number of nitrogens with one attached hydrogen (secondary N) is 1. The molecule has 0 spiro atoms. The van der Waals surface area contributed by atoms with Crippen LogP contribution in [0.15, 0.2) is 0 Å². The van der Waals surface area contributed by atoms with E-state index in [4.69, 9.17) is 9.47 Å². The molecule has 4 nitrogen and oxygen atoms in total. The van der Waals surface area contributed by atoms with E-state index < -0.39 is 6.29 Å². The second-order valence-electron chi connectivity index (χ2n) is 13.1. The Morgan fingerprint density at radius 1 is 0.487 bits per heavy atom. The van der Waals surface area contributed by atoms with Crippen LogP contribution in [0.2, 0.25) is 0 Å². The number of hydrogen-bond acceptors (Lipinski definition) is 4. The third-order valence-corrected chi connectivity index (χ3v) is 7.77. The quantitative estimate of drug-likeness (QED) is 0.0660. The van der Waals surface area contributed by atoms with E-state index in [9.17, 15) is 5.11 Å². The van der Waals surface area contributed by atoms with Crippen LogP contribution in [0.4, 0.5) is 0 Å². The highest BCUT2D eigenvalue weighted by molar-refractivity contribution is 4.75. The molecule has 236 valence electrons. The van der Waals surface area contributed by atoms with Crippen LogP contribution in [0.1, 0.15) is 189 Å². The first-order valence-corrected chi connectivity index (χ1v) is 17.6. The van der Waals surface area contributed by atoms with Gasteiger partial charge in [-0.3, -0.25) is 0 Å². The monoisotopic (exact) mass is 556 g/mol. The van der Waals surface area contributed by atoms with Gasteiger partial charge in [0.05, 0.1) is 0 Å². The molecule has 2 unspecified atom stereocenters. The molecule has 0 heterocycles. The predicted molar refractivity (Wildman–Crippen MR) is 172 cm³/mol. The Labute approximate surface area is 246 Å². The highest BCUT2D eigenvalue weighted by Crippen LogP contribution is 2.14. The van der Waals surface area contributed by atoms with E-state index in [-0.39, 0.29) is 11.6 Å². The molecule has 2 atom stereocenters. The van der Waals surface area contributed by atoms with Crippen LogP contribution in [-0.2, 0) is 9.47 Å². The zero-order valence-corrected chi connectivity index (χ0v) is 27.5. The van der Waals surface area contributed by atoms with Gasteiger partial charge in [0.2, 0.25) is 0 Å². The van der Waals surface area contributed by atoms with Crippen LogP contribution >= 0.6 is 0 Å². The van der Waals surface area contributed by atoms with Crippen LogP contribution < -0.4 is 5.32 Å². The van der Waals surface area contributed by atoms with E-state index in [1.807, 2.05) is 0 Å². The molecule has 0 saturated heterocycles. The molecule has 0 saturated carbocycles. The lowest BCUT2D eigenvalue weighted by atomic mass is 10.1. The van der Waals surface area contributed by atoms with Crippen LogP contribution in [0, 0.1) is 0 Å². The van der Waals surface area contributed by atoms with Crippen molar-refractivity contribution in [1.29, 1.82) is 0 Å². The SMILES string of the molecule is CCCCCCCCCCCCCCOC(O)C(CNC(C)(C)C)OCCCCCCCCCCCCCC. The number of rotatable bonds is 31. The fraction of sp³-hybridized carbons (Fsp3) is 1.00. The number of hydrogen-bond donors (Lipinski definition) is 2. The first-order valence-electron chi connectivity index (χ1n) is 17.6. The molecule has 0 fully saturated rings. The van der Waals surface area contributed by atoms with Crippen molar-refractivity contribution in [1.82, 2.24) is 5.32 Å². The van der Waals surface area contributed by atoms with E-state index in [2.05, 4.69) is 39.9 Å². The molecule has 0 radical (unpaired) electrons. The number of ether oxygens (including phenoxy) is 2. The van der Waals surface area contributed by atoms with Crippen molar-refractivity contribution < 1.29 is 14.6 Å². The zero-order chi connectivity index (χ0) is 28.9. The topological polar surface area (TPSA) is 50.7 Å². The molecule has 39 heavy (non-hydrogen) atoms. The summed E-state index contributed by atoms with van der Waals surface area (Å²) in [5, 5.41) is 14.2. The van der Waals surface area contributed by atoms with Crippen molar-refractivity contribution in [3.63, 3.8) is 0 Å². The third kappa shape index (κ3) is 30.6. The molecule has 0 aliphatic rings. The summed E-state index contributed by atoms with van der Waals surface area (Å²) < 4.78 is 11.9. The van der Waals surface area contributed by atoms with Crippen molar-refractivity contribution >= 4 is 0 Å². The lowest BCUT2D eigenvalue weighted by Gasteiger charge is -2.28. The third-order valence-electron chi connectivity index (χ3n) is 7.77. The van der Waals surface area contributed by atoms with E-state index in [1.54, 1.807) is 0 Å². The minimum absolute atomic E-state index is 0.00711. The maximum atomic E-state index is 10.7. The van der Waals surface area contributed by atoms with Gasteiger partial charge in [0.25, 0.3) is 0 Å². The summed E-state index contributed by atoms with van der Waals surface area (Å²) in [6.07, 6.45) is 30.9. The van der Waals surface area contributed by atoms with Crippen molar-refractivity contribution in [2.45, 2.75) is 207 Å². The molecule has 0 amide bonds. The van der Waals surface area contributed by atoms with Crippen molar-refractivity contribution in [2.24, 2.45) is 0 Å². The Morgan fingerprint density at radius 2 is 0.795 bits per heavy atom.